The van der Waals surface area contributed by atoms with Gasteiger partial charge in [0.25, 0.3) is 0 Å². The van der Waals surface area contributed by atoms with Crippen molar-refractivity contribution in [2.75, 3.05) is 13.2 Å². The molecule has 0 aliphatic heterocycles. The molecular weight excluding hydrogens is 296 g/mol. The zero-order chi connectivity index (χ0) is 17.6. The number of ketones is 1. The molecule has 4 nitrogen and oxygen atoms in total. The Kier molecular flexibility index (Phi) is 7.99. The van der Waals surface area contributed by atoms with Crippen LogP contribution in [-0.4, -0.2) is 33.3 Å². The molecule has 0 aromatic rings. The van der Waals surface area contributed by atoms with E-state index in [1.807, 2.05) is 0 Å². The van der Waals surface area contributed by atoms with Crippen LogP contribution in [0.1, 0.15) is 60.8 Å². The van der Waals surface area contributed by atoms with Crippen LogP contribution in [0, 0.1) is 5.41 Å². The Morgan fingerprint density at radius 3 is 2.00 bits per heavy atom. The van der Waals surface area contributed by atoms with Gasteiger partial charge in [-0.3, -0.25) is 9.59 Å². The number of ether oxygens (including phenoxy) is 1. The summed E-state index contributed by atoms with van der Waals surface area (Å²) in [5.41, 5.74) is -1.02. The monoisotopic (exact) mass is 330 g/mol. The summed E-state index contributed by atoms with van der Waals surface area (Å²) >= 11 is 0. The van der Waals surface area contributed by atoms with E-state index in [0.717, 1.165) is 12.8 Å². The fraction of sp³-hybridized carbons (Fsp3) is 0.882. The molecule has 22 heavy (non-hydrogen) atoms. The van der Waals surface area contributed by atoms with Crippen LogP contribution in [0.2, 0.25) is 18.1 Å². The normalized spacial score (nSPS) is 15.3. The average molecular weight is 331 g/mol. The Morgan fingerprint density at radius 1 is 1.05 bits per heavy atom. The van der Waals surface area contributed by atoms with Crippen LogP contribution >= 0.6 is 0 Å². The number of carbonyl (C=O) groups is 2. The van der Waals surface area contributed by atoms with Crippen molar-refractivity contribution in [3.05, 3.63) is 0 Å². The number of unbranched alkanes of at least 4 members (excludes halogenated alkanes) is 1. The summed E-state index contributed by atoms with van der Waals surface area (Å²) in [5.74, 6) is -0.538. The summed E-state index contributed by atoms with van der Waals surface area (Å²) in [6.45, 7) is 17.0. The summed E-state index contributed by atoms with van der Waals surface area (Å²) < 4.78 is 11.2. The van der Waals surface area contributed by atoms with Crippen molar-refractivity contribution in [2.24, 2.45) is 5.41 Å². The van der Waals surface area contributed by atoms with Gasteiger partial charge in [0.15, 0.2) is 8.32 Å². The van der Waals surface area contributed by atoms with E-state index >= 15 is 0 Å². The second-order valence-electron chi connectivity index (χ2n) is 7.67. The number of hydrogen-bond acceptors (Lipinski definition) is 4. The van der Waals surface area contributed by atoms with Crippen molar-refractivity contribution in [3.8, 4) is 0 Å². The van der Waals surface area contributed by atoms with E-state index in [2.05, 4.69) is 33.9 Å². The van der Waals surface area contributed by atoms with E-state index in [1.165, 1.54) is 6.92 Å². The largest absolute Gasteiger partial charge is 0.465 e. The molecule has 0 rings (SSSR count). The van der Waals surface area contributed by atoms with Gasteiger partial charge in [-0.1, -0.05) is 20.8 Å². The Bertz CT molecular complexity index is 385. The fourth-order valence-electron chi connectivity index (χ4n) is 1.84. The number of Topliss-reactive ketones (excluding diaryl/α,β-unsaturated/α-hetero) is 1. The quantitative estimate of drug-likeness (QED) is 0.273. The molecule has 0 aliphatic carbocycles. The lowest BCUT2D eigenvalue weighted by Gasteiger charge is -2.36. The van der Waals surface area contributed by atoms with Crippen molar-refractivity contribution in [2.45, 2.75) is 78.9 Å². The third-order valence-corrected chi connectivity index (χ3v) is 9.38. The maximum Gasteiger partial charge on any atom is 0.319 e. The molecule has 0 bridgehead atoms. The molecule has 0 saturated heterocycles. The van der Waals surface area contributed by atoms with E-state index in [9.17, 15) is 9.59 Å². The smallest absolute Gasteiger partial charge is 0.319 e. The number of esters is 1. The van der Waals surface area contributed by atoms with Crippen molar-refractivity contribution in [1.29, 1.82) is 0 Å². The van der Waals surface area contributed by atoms with Gasteiger partial charge in [0.1, 0.15) is 11.2 Å². The van der Waals surface area contributed by atoms with Crippen molar-refractivity contribution in [1.82, 2.24) is 0 Å². The lowest BCUT2D eigenvalue weighted by Crippen LogP contribution is -2.41. The van der Waals surface area contributed by atoms with Gasteiger partial charge in [-0.15, -0.1) is 0 Å². The second kappa shape index (κ2) is 8.25. The molecule has 0 radical (unpaired) electrons. The SMILES string of the molecule is CCOC(=O)C(C)(CCCCO[Si](C)(C)C(C)(C)C)C(C)=O. The summed E-state index contributed by atoms with van der Waals surface area (Å²) in [6, 6.07) is 0. The van der Waals surface area contributed by atoms with Crippen LogP contribution in [0.5, 0.6) is 0 Å². The molecule has 0 fully saturated rings. The molecule has 0 aliphatic rings. The molecule has 5 heteroatoms. The number of carbonyl (C=O) groups excluding carboxylic acids is 2. The molecule has 0 spiro atoms. The zero-order valence-corrected chi connectivity index (χ0v) is 16.7. The Labute approximate surface area is 137 Å². The van der Waals surface area contributed by atoms with Gasteiger partial charge in [0, 0.05) is 6.61 Å². The first-order valence-corrected chi connectivity index (χ1v) is 11.1. The van der Waals surface area contributed by atoms with Crippen LogP contribution in [-0.2, 0) is 18.8 Å². The van der Waals surface area contributed by atoms with Gasteiger partial charge < -0.3 is 9.16 Å². The maximum absolute atomic E-state index is 12.0. The molecule has 130 valence electrons. The van der Waals surface area contributed by atoms with Gasteiger partial charge >= 0.3 is 5.97 Å². The van der Waals surface area contributed by atoms with Crippen LogP contribution in [0.4, 0.5) is 0 Å². The molecule has 0 heterocycles. The zero-order valence-electron chi connectivity index (χ0n) is 15.7. The highest BCUT2D eigenvalue weighted by molar-refractivity contribution is 6.74. The minimum absolute atomic E-state index is 0.128. The lowest BCUT2D eigenvalue weighted by atomic mass is 9.81. The van der Waals surface area contributed by atoms with Gasteiger partial charge in [-0.25, -0.2) is 0 Å². The van der Waals surface area contributed by atoms with Crippen LogP contribution in [0.15, 0.2) is 0 Å². The third-order valence-electron chi connectivity index (χ3n) is 4.84. The maximum atomic E-state index is 12.0. The minimum Gasteiger partial charge on any atom is -0.465 e. The highest BCUT2D eigenvalue weighted by atomic mass is 28.4. The predicted molar refractivity (Wildman–Crippen MR) is 92.4 cm³/mol. The lowest BCUT2D eigenvalue weighted by molar-refractivity contribution is -0.159. The Morgan fingerprint density at radius 2 is 1.59 bits per heavy atom. The summed E-state index contributed by atoms with van der Waals surface area (Å²) in [6.07, 6.45) is 2.15. The number of rotatable bonds is 9. The molecule has 0 N–H and O–H groups in total. The second-order valence-corrected chi connectivity index (χ2v) is 12.5. The summed E-state index contributed by atoms with van der Waals surface area (Å²) in [7, 11) is -1.72. The van der Waals surface area contributed by atoms with Crippen LogP contribution < -0.4 is 0 Å². The van der Waals surface area contributed by atoms with Gasteiger partial charge in [-0.2, -0.15) is 0 Å². The first-order chi connectivity index (χ1) is 9.88. The number of hydrogen-bond donors (Lipinski definition) is 0. The van der Waals surface area contributed by atoms with E-state index in [-0.39, 0.29) is 10.8 Å². The minimum atomic E-state index is -1.72. The topological polar surface area (TPSA) is 52.6 Å². The van der Waals surface area contributed by atoms with E-state index < -0.39 is 19.7 Å². The third kappa shape index (κ3) is 5.84. The van der Waals surface area contributed by atoms with Crippen molar-refractivity contribution >= 4 is 20.1 Å². The average Bonchev–Trinajstić information content (AvgIpc) is 2.36. The standard InChI is InChI=1S/C17H34O4Si/c1-9-20-15(19)17(6,14(2)18)12-10-11-13-21-22(7,8)16(3,4)5/h9-13H2,1-8H3. The molecule has 1 atom stereocenters. The molecular formula is C17H34O4Si. The Hall–Kier alpha value is -0.683. The van der Waals surface area contributed by atoms with Gasteiger partial charge in [0.2, 0.25) is 0 Å². The molecule has 0 aromatic carbocycles. The van der Waals surface area contributed by atoms with Crippen LogP contribution in [0.25, 0.3) is 0 Å². The molecule has 0 saturated carbocycles. The molecule has 0 aromatic heterocycles. The van der Waals surface area contributed by atoms with Crippen molar-refractivity contribution in [3.63, 3.8) is 0 Å². The highest BCUT2D eigenvalue weighted by Crippen LogP contribution is 2.36. The van der Waals surface area contributed by atoms with E-state index in [1.54, 1.807) is 13.8 Å². The summed E-state index contributed by atoms with van der Waals surface area (Å²) in [4.78, 5) is 23.8. The highest BCUT2D eigenvalue weighted by Gasteiger charge is 2.39. The first-order valence-electron chi connectivity index (χ1n) is 8.20. The predicted octanol–water partition coefficient (Wildman–Crippen LogP) is 4.34. The van der Waals surface area contributed by atoms with E-state index in [0.29, 0.717) is 19.6 Å². The Balaban J connectivity index is 4.38. The molecule has 1 unspecified atom stereocenters. The van der Waals surface area contributed by atoms with Gasteiger partial charge in [0.05, 0.1) is 6.61 Å². The van der Waals surface area contributed by atoms with E-state index in [4.69, 9.17) is 9.16 Å². The van der Waals surface area contributed by atoms with Gasteiger partial charge in [-0.05, 0) is 58.2 Å². The first kappa shape index (κ1) is 21.3. The fourth-order valence-corrected chi connectivity index (χ4v) is 2.92. The van der Waals surface area contributed by atoms with Crippen molar-refractivity contribution < 1.29 is 18.8 Å². The molecule has 0 amide bonds. The summed E-state index contributed by atoms with van der Waals surface area (Å²) in [5, 5.41) is 0.200. The van der Waals surface area contributed by atoms with Crippen LogP contribution in [0.3, 0.4) is 0 Å².